The third-order valence-electron chi connectivity index (χ3n) is 3.92. The molecule has 1 aliphatic heterocycles. The predicted octanol–water partition coefficient (Wildman–Crippen LogP) is 2.60. The lowest BCUT2D eigenvalue weighted by molar-refractivity contribution is -0.124. The molecule has 0 saturated carbocycles. The van der Waals surface area contributed by atoms with E-state index in [2.05, 4.69) is 6.07 Å². The molecule has 3 unspecified atom stereocenters. The molecule has 1 fully saturated rings. The highest BCUT2D eigenvalue weighted by Gasteiger charge is 2.35. The minimum Gasteiger partial charge on any atom is -0.496 e. The molecule has 0 bridgehead atoms. The Morgan fingerprint density at radius 2 is 2.30 bits per heavy atom. The highest BCUT2D eigenvalue weighted by atomic mass is 16.5. The maximum absolute atomic E-state index is 12.5. The normalized spacial score (nSPS) is 23.1. The Balaban J connectivity index is 2.28. The summed E-state index contributed by atoms with van der Waals surface area (Å²) >= 11 is 0. The summed E-state index contributed by atoms with van der Waals surface area (Å²) < 4.78 is 10.7. The number of benzene rings is 1. The summed E-state index contributed by atoms with van der Waals surface area (Å²) in [6, 6.07) is 7.60. The standard InChI is InChI=1S/C16H19NO3/c1-10-4-5-12(8-15(10)19-3)14(9-17)16(18)13-6-7-20-11(13)2/h4-5,8,11,13-14H,6-7H2,1-3H3. The van der Waals surface area contributed by atoms with Gasteiger partial charge >= 0.3 is 0 Å². The van der Waals surface area contributed by atoms with Gasteiger partial charge in [0.15, 0.2) is 5.78 Å². The molecule has 4 heteroatoms. The monoisotopic (exact) mass is 273 g/mol. The minimum absolute atomic E-state index is 0.0524. The van der Waals surface area contributed by atoms with E-state index in [1.54, 1.807) is 13.2 Å². The molecule has 0 spiro atoms. The fourth-order valence-corrected chi connectivity index (χ4v) is 2.64. The van der Waals surface area contributed by atoms with Crippen LogP contribution in [0, 0.1) is 24.2 Å². The number of hydrogen-bond donors (Lipinski definition) is 0. The van der Waals surface area contributed by atoms with Crippen molar-refractivity contribution in [3.63, 3.8) is 0 Å². The molecule has 0 N–H and O–H groups in total. The second-order valence-corrected chi connectivity index (χ2v) is 5.16. The van der Waals surface area contributed by atoms with E-state index >= 15 is 0 Å². The number of nitrogens with zero attached hydrogens (tertiary/aromatic N) is 1. The number of aryl methyl sites for hydroxylation is 1. The van der Waals surface area contributed by atoms with E-state index in [1.807, 2.05) is 26.0 Å². The van der Waals surface area contributed by atoms with Crippen molar-refractivity contribution in [3.8, 4) is 11.8 Å². The van der Waals surface area contributed by atoms with Crippen LogP contribution < -0.4 is 4.74 Å². The van der Waals surface area contributed by atoms with Crippen LogP contribution in [0.25, 0.3) is 0 Å². The Hall–Kier alpha value is -1.86. The molecule has 1 aromatic carbocycles. The van der Waals surface area contributed by atoms with Gasteiger partial charge < -0.3 is 9.47 Å². The van der Waals surface area contributed by atoms with Crippen LogP contribution >= 0.6 is 0 Å². The van der Waals surface area contributed by atoms with E-state index in [0.717, 1.165) is 5.56 Å². The van der Waals surface area contributed by atoms with Gasteiger partial charge in [0.2, 0.25) is 0 Å². The van der Waals surface area contributed by atoms with Gasteiger partial charge in [-0.05, 0) is 37.5 Å². The van der Waals surface area contributed by atoms with Gasteiger partial charge in [0.25, 0.3) is 0 Å². The van der Waals surface area contributed by atoms with Crippen molar-refractivity contribution in [2.75, 3.05) is 13.7 Å². The molecule has 2 rings (SSSR count). The topological polar surface area (TPSA) is 59.3 Å². The molecule has 1 aliphatic rings. The number of nitriles is 1. The van der Waals surface area contributed by atoms with Gasteiger partial charge in [-0.1, -0.05) is 12.1 Å². The Morgan fingerprint density at radius 1 is 1.55 bits per heavy atom. The number of Topliss-reactive ketones (excluding diaryl/α,β-unsaturated/α-hetero) is 1. The Kier molecular flexibility index (Phi) is 4.41. The van der Waals surface area contributed by atoms with Gasteiger partial charge in [-0.2, -0.15) is 5.26 Å². The zero-order chi connectivity index (χ0) is 14.7. The summed E-state index contributed by atoms with van der Waals surface area (Å²) in [7, 11) is 1.59. The van der Waals surface area contributed by atoms with E-state index in [0.29, 0.717) is 24.3 Å². The highest BCUT2D eigenvalue weighted by molar-refractivity contribution is 5.91. The van der Waals surface area contributed by atoms with Crippen LogP contribution in [0.15, 0.2) is 18.2 Å². The van der Waals surface area contributed by atoms with Gasteiger partial charge in [-0.3, -0.25) is 4.79 Å². The lowest BCUT2D eigenvalue weighted by Gasteiger charge is -2.17. The summed E-state index contributed by atoms with van der Waals surface area (Å²) in [6.45, 7) is 4.41. The molecule has 3 atom stereocenters. The Bertz CT molecular complexity index is 547. The molecule has 106 valence electrons. The predicted molar refractivity (Wildman–Crippen MR) is 74.6 cm³/mol. The fourth-order valence-electron chi connectivity index (χ4n) is 2.64. The number of ketones is 1. The van der Waals surface area contributed by atoms with Crippen molar-refractivity contribution in [2.45, 2.75) is 32.3 Å². The lowest BCUT2D eigenvalue weighted by Crippen LogP contribution is -2.26. The molecule has 0 aromatic heterocycles. The van der Waals surface area contributed by atoms with E-state index < -0.39 is 5.92 Å². The SMILES string of the molecule is COc1cc(C(C#N)C(=O)C2CCOC2C)ccc1C. The second-order valence-electron chi connectivity index (χ2n) is 5.16. The van der Waals surface area contributed by atoms with Crippen LogP contribution in [0.4, 0.5) is 0 Å². The molecule has 1 heterocycles. The van der Waals surface area contributed by atoms with Crippen LogP contribution in [0.3, 0.4) is 0 Å². The number of carbonyl (C=O) groups excluding carboxylic acids is 1. The number of hydrogen-bond acceptors (Lipinski definition) is 4. The van der Waals surface area contributed by atoms with Crippen LogP contribution in [-0.2, 0) is 9.53 Å². The molecule has 0 aliphatic carbocycles. The first-order valence-corrected chi connectivity index (χ1v) is 6.78. The van der Waals surface area contributed by atoms with Crippen LogP contribution in [0.5, 0.6) is 5.75 Å². The van der Waals surface area contributed by atoms with Crippen LogP contribution in [0.2, 0.25) is 0 Å². The molecular formula is C16H19NO3. The van der Waals surface area contributed by atoms with Gasteiger partial charge in [0, 0.05) is 12.5 Å². The summed E-state index contributed by atoms with van der Waals surface area (Å²) in [5.74, 6) is -0.291. The molecule has 20 heavy (non-hydrogen) atoms. The maximum Gasteiger partial charge on any atom is 0.160 e. The highest BCUT2D eigenvalue weighted by Crippen LogP contribution is 2.31. The average Bonchev–Trinajstić information content (AvgIpc) is 2.87. The third-order valence-corrected chi connectivity index (χ3v) is 3.92. The smallest absolute Gasteiger partial charge is 0.160 e. The van der Waals surface area contributed by atoms with Crippen molar-refractivity contribution in [2.24, 2.45) is 5.92 Å². The quantitative estimate of drug-likeness (QED) is 0.846. The van der Waals surface area contributed by atoms with Crippen LogP contribution in [-0.4, -0.2) is 25.6 Å². The van der Waals surface area contributed by atoms with Gasteiger partial charge in [-0.25, -0.2) is 0 Å². The molecule has 1 saturated heterocycles. The average molecular weight is 273 g/mol. The number of ether oxygens (including phenoxy) is 2. The second kappa shape index (κ2) is 6.06. The Morgan fingerprint density at radius 3 is 2.85 bits per heavy atom. The van der Waals surface area contributed by atoms with Crippen molar-refractivity contribution in [3.05, 3.63) is 29.3 Å². The summed E-state index contributed by atoms with van der Waals surface area (Å²) in [4.78, 5) is 12.5. The molecule has 0 amide bonds. The zero-order valence-corrected chi connectivity index (χ0v) is 12.1. The molecule has 0 radical (unpaired) electrons. The minimum atomic E-state index is -0.751. The summed E-state index contributed by atoms with van der Waals surface area (Å²) in [6.07, 6.45) is 0.590. The van der Waals surface area contributed by atoms with E-state index in [1.165, 1.54) is 0 Å². The van der Waals surface area contributed by atoms with E-state index in [-0.39, 0.29) is 17.8 Å². The molecule has 4 nitrogen and oxygen atoms in total. The number of rotatable bonds is 4. The lowest BCUT2D eigenvalue weighted by atomic mass is 9.85. The first-order chi connectivity index (χ1) is 9.58. The van der Waals surface area contributed by atoms with E-state index in [4.69, 9.17) is 9.47 Å². The van der Waals surface area contributed by atoms with Crippen molar-refractivity contribution in [1.82, 2.24) is 0 Å². The summed E-state index contributed by atoms with van der Waals surface area (Å²) in [5, 5.41) is 9.38. The maximum atomic E-state index is 12.5. The van der Waals surface area contributed by atoms with Crippen molar-refractivity contribution < 1.29 is 14.3 Å². The Labute approximate surface area is 119 Å². The van der Waals surface area contributed by atoms with E-state index in [9.17, 15) is 10.1 Å². The first-order valence-electron chi connectivity index (χ1n) is 6.78. The largest absolute Gasteiger partial charge is 0.496 e. The van der Waals surface area contributed by atoms with Crippen LogP contribution in [0.1, 0.15) is 30.4 Å². The van der Waals surface area contributed by atoms with Gasteiger partial charge in [0.05, 0.1) is 19.3 Å². The third kappa shape index (κ3) is 2.68. The van der Waals surface area contributed by atoms with Crippen molar-refractivity contribution in [1.29, 1.82) is 5.26 Å². The zero-order valence-electron chi connectivity index (χ0n) is 12.1. The van der Waals surface area contributed by atoms with Gasteiger partial charge in [0.1, 0.15) is 11.7 Å². The number of carbonyl (C=O) groups is 1. The van der Waals surface area contributed by atoms with Gasteiger partial charge in [-0.15, -0.1) is 0 Å². The summed E-state index contributed by atoms with van der Waals surface area (Å²) in [5.41, 5.74) is 1.68. The molecular weight excluding hydrogens is 254 g/mol. The number of methoxy groups -OCH3 is 1. The fraction of sp³-hybridized carbons (Fsp3) is 0.500. The first kappa shape index (κ1) is 14.5. The molecule has 1 aromatic rings. The van der Waals surface area contributed by atoms with Crippen molar-refractivity contribution >= 4 is 5.78 Å².